The molecule has 0 fully saturated rings. The summed E-state index contributed by atoms with van der Waals surface area (Å²) in [6, 6.07) is 10.4. The van der Waals surface area contributed by atoms with Crippen molar-refractivity contribution in [3.63, 3.8) is 0 Å². The lowest BCUT2D eigenvalue weighted by Crippen LogP contribution is -2.26. The van der Waals surface area contributed by atoms with Crippen molar-refractivity contribution in [3.8, 4) is 17.2 Å². The van der Waals surface area contributed by atoms with Crippen LogP contribution in [0.25, 0.3) is 10.9 Å². The van der Waals surface area contributed by atoms with Gasteiger partial charge >= 0.3 is 0 Å². The van der Waals surface area contributed by atoms with E-state index in [1.165, 1.54) is 12.1 Å². The molecule has 1 amide bonds. The summed E-state index contributed by atoms with van der Waals surface area (Å²) in [7, 11) is 0. The molecule has 1 heterocycles. The van der Waals surface area contributed by atoms with E-state index in [-0.39, 0.29) is 17.1 Å². The summed E-state index contributed by atoms with van der Waals surface area (Å²) in [6.45, 7) is 0. The summed E-state index contributed by atoms with van der Waals surface area (Å²) in [4.78, 5) is 26.7. The molecule has 1 aromatic heterocycles. The monoisotopic (exact) mass is 339 g/mol. The molecule has 0 bridgehead atoms. The van der Waals surface area contributed by atoms with Crippen LogP contribution in [0.5, 0.6) is 17.2 Å². The second-order valence-electron chi connectivity index (χ2n) is 5.17. The lowest BCUT2D eigenvalue weighted by atomic mass is 10.1. The Balaban J connectivity index is 1.88. The number of benzene rings is 2. The van der Waals surface area contributed by atoms with Gasteiger partial charge in [-0.05, 0) is 24.3 Å². The summed E-state index contributed by atoms with van der Waals surface area (Å²) < 4.78 is 0. The van der Waals surface area contributed by atoms with E-state index in [1.807, 2.05) is 0 Å². The molecule has 126 valence electrons. The number of nitrogens with zero attached hydrogens (tertiary/aromatic N) is 1. The summed E-state index contributed by atoms with van der Waals surface area (Å²) in [5.74, 6) is -1.70. The quantitative estimate of drug-likeness (QED) is 0.363. The van der Waals surface area contributed by atoms with Gasteiger partial charge in [0.05, 0.1) is 11.7 Å². The Morgan fingerprint density at radius 3 is 2.64 bits per heavy atom. The number of rotatable bonds is 3. The van der Waals surface area contributed by atoms with E-state index in [2.05, 4.69) is 15.5 Å². The van der Waals surface area contributed by atoms with Crippen LogP contribution in [0.1, 0.15) is 15.9 Å². The molecule has 0 aliphatic carbocycles. The standard InChI is InChI=1S/C17H13N3O5/c21-10-6-5-9(13(22)7-10)8-18-20-17(25)14-15(23)11-3-1-2-4-12(11)19-16(14)24/h1-8,21-22H,(H,20,25)(H2,19,23,24)/b18-8+. The van der Waals surface area contributed by atoms with E-state index < -0.39 is 22.8 Å². The SMILES string of the molecule is O=C(N/N=C/c1ccc(O)cc1O)c1c(O)c2ccccc2[nH]c1=O. The molecule has 0 saturated heterocycles. The van der Waals surface area contributed by atoms with Gasteiger partial charge < -0.3 is 20.3 Å². The highest BCUT2D eigenvalue weighted by Crippen LogP contribution is 2.24. The smallest absolute Gasteiger partial charge is 0.280 e. The fourth-order valence-corrected chi connectivity index (χ4v) is 2.29. The number of para-hydroxylation sites is 1. The van der Waals surface area contributed by atoms with Crippen molar-refractivity contribution in [1.29, 1.82) is 0 Å². The van der Waals surface area contributed by atoms with Gasteiger partial charge in [-0.2, -0.15) is 5.10 Å². The van der Waals surface area contributed by atoms with Crippen molar-refractivity contribution < 1.29 is 20.1 Å². The van der Waals surface area contributed by atoms with Gasteiger partial charge in [0.15, 0.2) is 0 Å². The Morgan fingerprint density at radius 1 is 1.12 bits per heavy atom. The minimum Gasteiger partial charge on any atom is -0.508 e. The topological polar surface area (TPSA) is 135 Å². The van der Waals surface area contributed by atoms with E-state index in [1.54, 1.807) is 24.3 Å². The Labute approximate surface area is 140 Å². The zero-order valence-corrected chi connectivity index (χ0v) is 12.7. The maximum Gasteiger partial charge on any atom is 0.280 e. The molecule has 25 heavy (non-hydrogen) atoms. The largest absolute Gasteiger partial charge is 0.508 e. The van der Waals surface area contributed by atoms with Crippen LogP contribution in [0.4, 0.5) is 0 Å². The van der Waals surface area contributed by atoms with Gasteiger partial charge in [0.1, 0.15) is 22.8 Å². The number of fused-ring (bicyclic) bond motifs is 1. The number of nitrogens with one attached hydrogen (secondary N) is 2. The van der Waals surface area contributed by atoms with E-state index in [0.717, 1.165) is 12.3 Å². The molecule has 0 unspecified atom stereocenters. The fourth-order valence-electron chi connectivity index (χ4n) is 2.29. The fraction of sp³-hybridized carbons (Fsp3) is 0. The van der Waals surface area contributed by atoms with Crippen LogP contribution in [-0.4, -0.2) is 32.4 Å². The molecule has 0 atom stereocenters. The molecule has 3 aromatic rings. The average Bonchev–Trinajstić information content (AvgIpc) is 2.57. The van der Waals surface area contributed by atoms with E-state index in [0.29, 0.717) is 10.9 Å². The van der Waals surface area contributed by atoms with Crippen molar-refractivity contribution in [3.05, 3.63) is 63.9 Å². The van der Waals surface area contributed by atoms with Crippen molar-refractivity contribution in [1.82, 2.24) is 10.4 Å². The zero-order valence-electron chi connectivity index (χ0n) is 12.7. The van der Waals surface area contributed by atoms with Gasteiger partial charge in [-0.3, -0.25) is 9.59 Å². The van der Waals surface area contributed by atoms with Gasteiger partial charge in [0.25, 0.3) is 11.5 Å². The normalized spacial score (nSPS) is 11.0. The summed E-state index contributed by atoms with van der Waals surface area (Å²) >= 11 is 0. The van der Waals surface area contributed by atoms with Crippen LogP contribution in [0.2, 0.25) is 0 Å². The Kier molecular flexibility index (Phi) is 4.09. The molecule has 8 heteroatoms. The van der Waals surface area contributed by atoms with Gasteiger partial charge in [-0.25, -0.2) is 5.43 Å². The molecule has 0 spiro atoms. The van der Waals surface area contributed by atoms with Gasteiger partial charge in [-0.1, -0.05) is 12.1 Å². The van der Waals surface area contributed by atoms with Crippen LogP contribution in [0.15, 0.2) is 52.4 Å². The van der Waals surface area contributed by atoms with Crippen molar-refractivity contribution >= 4 is 23.0 Å². The van der Waals surface area contributed by atoms with E-state index >= 15 is 0 Å². The third-order valence-corrected chi connectivity index (χ3v) is 3.51. The highest BCUT2D eigenvalue weighted by atomic mass is 16.3. The number of hydrogen-bond donors (Lipinski definition) is 5. The van der Waals surface area contributed by atoms with Gasteiger partial charge in [-0.15, -0.1) is 0 Å². The number of carbonyl (C=O) groups is 1. The first-order valence-electron chi connectivity index (χ1n) is 7.16. The first-order chi connectivity index (χ1) is 12.0. The predicted octanol–water partition coefficient (Wildman–Crippen LogP) is 1.41. The molecule has 0 aliphatic heterocycles. The van der Waals surface area contributed by atoms with Crippen molar-refractivity contribution in [2.24, 2.45) is 5.10 Å². The molecule has 3 rings (SSSR count). The summed E-state index contributed by atoms with van der Waals surface area (Å²) in [6.07, 6.45) is 1.14. The number of phenols is 2. The van der Waals surface area contributed by atoms with Crippen molar-refractivity contribution in [2.75, 3.05) is 0 Å². The highest BCUT2D eigenvalue weighted by Gasteiger charge is 2.18. The Morgan fingerprint density at radius 2 is 1.88 bits per heavy atom. The summed E-state index contributed by atoms with van der Waals surface area (Å²) in [5, 5.41) is 33.0. The Bertz CT molecular complexity index is 1060. The molecular formula is C17H13N3O5. The lowest BCUT2D eigenvalue weighted by Gasteiger charge is -2.06. The third-order valence-electron chi connectivity index (χ3n) is 3.51. The minimum atomic E-state index is -0.904. The second kappa shape index (κ2) is 6.36. The van der Waals surface area contributed by atoms with E-state index in [9.17, 15) is 24.9 Å². The molecule has 8 nitrogen and oxygen atoms in total. The first kappa shape index (κ1) is 16.1. The molecule has 2 aromatic carbocycles. The Hall–Kier alpha value is -3.81. The number of carbonyl (C=O) groups excluding carboxylic acids is 1. The first-order valence-corrected chi connectivity index (χ1v) is 7.16. The average molecular weight is 339 g/mol. The molecule has 0 aliphatic rings. The lowest BCUT2D eigenvalue weighted by molar-refractivity contribution is 0.0951. The number of pyridine rings is 1. The third kappa shape index (κ3) is 3.13. The number of hydrogen-bond acceptors (Lipinski definition) is 6. The maximum atomic E-state index is 12.2. The highest BCUT2D eigenvalue weighted by molar-refractivity contribution is 6.02. The number of hydrazone groups is 1. The summed E-state index contributed by atoms with van der Waals surface area (Å²) in [5.41, 5.74) is 1.54. The van der Waals surface area contributed by atoms with E-state index in [4.69, 9.17) is 0 Å². The maximum absolute atomic E-state index is 12.2. The van der Waals surface area contributed by atoms with Crippen LogP contribution in [0, 0.1) is 0 Å². The number of phenolic OH excluding ortho intramolecular Hbond substituents is 2. The number of amides is 1. The van der Waals surface area contributed by atoms with Gasteiger partial charge in [0, 0.05) is 17.0 Å². The van der Waals surface area contributed by atoms with Crippen LogP contribution in [0.3, 0.4) is 0 Å². The number of aromatic hydroxyl groups is 3. The van der Waals surface area contributed by atoms with Crippen LogP contribution < -0.4 is 11.0 Å². The van der Waals surface area contributed by atoms with Crippen molar-refractivity contribution in [2.45, 2.75) is 0 Å². The molecular weight excluding hydrogens is 326 g/mol. The van der Waals surface area contributed by atoms with Crippen LogP contribution >= 0.6 is 0 Å². The number of aromatic amines is 1. The van der Waals surface area contributed by atoms with Gasteiger partial charge in [0.2, 0.25) is 0 Å². The molecule has 5 N–H and O–H groups in total. The zero-order chi connectivity index (χ0) is 18.0. The van der Waals surface area contributed by atoms with Crippen LogP contribution in [-0.2, 0) is 0 Å². The predicted molar refractivity (Wildman–Crippen MR) is 91.1 cm³/mol. The number of H-pyrrole nitrogens is 1. The molecule has 0 saturated carbocycles. The molecule has 0 radical (unpaired) electrons. The minimum absolute atomic E-state index is 0.119. The number of aromatic nitrogens is 1. The second-order valence-corrected chi connectivity index (χ2v) is 5.17.